The Morgan fingerprint density at radius 3 is 2.38 bits per heavy atom. The van der Waals surface area contributed by atoms with Crippen LogP contribution in [0, 0.1) is 6.92 Å². The fraction of sp³-hybridized carbons (Fsp3) is 0.412. The van der Waals surface area contributed by atoms with E-state index in [0.717, 1.165) is 30.3 Å². The molecule has 0 amide bonds. The first kappa shape index (κ1) is 14.0. The molecule has 0 unspecified atom stereocenters. The number of nitrogens with one attached hydrogen (secondary N) is 1. The molecule has 3 rings (SSSR count). The molecule has 1 fully saturated rings. The molecule has 2 aromatic rings. The van der Waals surface area contributed by atoms with E-state index in [1.54, 1.807) is 0 Å². The summed E-state index contributed by atoms with van der Waals surface area (Å²) in [7, 11) is 0. The SMILES string of the molecule is CCN(c1ccc(C)cc1)c1ncc(CNC2CC2)cn1. The Bertz CT molecular complexity index is 573. The lowest BCUT2D eigenvalue weighted by atomic mass is 10.2. The van der Waals surface area contributed by atoms with Crippen LogP contribution in [0.4, 0.5) is 11.6 Å². The summed E-state index contributed by atoms with van der Waals surface area (Å²) in [6.45, 7) is 5.92. The molecule has 1 aliphatic carbocycles. The summed E-state index contributed by atoms with van der Waals surface area (Å²) in [6.07, 6.45) is 6.45. The Morgan fingerprint density at radius 1 is 1.14 bits per heavy atom. The van der Waals surface area contributed by atoms with Gasteiger partial charge in [0.25, 0.3) is 0 Å². The molecule has 0 spiro atoms. The second-order valence-corrected chi connectivity index (χ2v) is 5.63. The van der Waals surface area contributed by atoms with Crippen LogP contribution in [0.2, 0.25) is 0 Å². The quantitative estimate of drug-likeness (QED) is 0.883. The van der Waals surface area contributed by atoms with Crippen molar-refractivity contribution < 1.29 is 0 Å². The summed E-state index contributed by atoms with van der Waals surface area (Å²) in [5.41, 5.74) is 3.54. The maximum atomic E-state index is 4.52. The summed E-state index contributed by atoms with van der Waals surface area (Å²) in [4.78, 5) is 11.2. The lowest BCUT2D eigenvalue weighted by Gasteiger charge is -2.21. The summed E-state index contributed by atoms with van der Waals surface area (Å²) in [5, 5.41) is 3.48. The number of aryl methyl sites for hydroxylation is 1. The minimum Gasteiger partial charge on any atom is -0.311 e. The second-order valence-electron chi connectivity index (χ2n) is 5.63. The van der Waals surface area contributed by atoms with Gasteiger partial charge in [-0.15, -0.1) is 0 Å². The number of hydrogen-bond donors (Lipinski definition) is 1. The third kappa shape index (κ3) is 3.58. The maximum Gasteiger partial charge on any atom is 0.229 e. The molecular formula is C17H22N4. The molecule has 1 aromatic heterocycles. The summed E-state index contributed by atoms with van der Waals surface area (Å²) >= 11 is 0. The molecule has 0 aliphatic heterocycles. The van der Waals surface area contributed by atoms with Crippen molar-refractivity contribution in [2.45, 2.75) is 39.3 Å². The van der Waals surface area contributed by atoms with Gasteiger partial charge in [-0.25, -0.2) is 9.97 Å². The first-order chi connectivity index (χ1) is 10.3. The van der Waals surface area contributed by atoms with Gasteiger partial charge in [0.05, 0.1) is 0 Å². The first-order valence-electron chi connectivity index (χ1n) is 7.65. The number of aromatic nitrogens is 2. The van der Waals surface area contributed by atoms with Crippen molar-refractivity contribution >= 4 is 11.6 Å². The molecule has 0 radical (unpaired) electrons. The van der Waals surface area contributed by atoms with E-state index < -0.39 is 0 Å². The van der Waals surface area contributed by atoms with Crippen LogP contribution in [-0.2, 0) is 6.54 Å². The molecule has 0 saturated heterocycles. The van der Waals surface area contributed by atoms with Crippen molar-refractivity contribution in [3.63, 3.8) is 0 Å². The van der Waals surface area contributed by atoms with Crippen LogP contribution in [-0.4, -0.2) is 22.6 Å². The standard InChI is InChI=1S/C17H22N4/c1-3-21(16-8-4-13(2)5-9-16)17-19-11-14(12-20-17)10-18-15-6-7-15/h4-5,8-9,11-12,15,18H,3,6-7,10H2,1-2H3. The topological polar surface area (TPSA) is 41.1 Å². The minimum atomic E-state index is 0.712. The van der Waals surface area contributed by atoms with Gasteiger partial charge in [0, 0.05) is 42.8 Å². The molecule has 1 N–H and O–H groups in total. The molecule has 4 nitrogen and oxygen atoms in total. The Morgan fingerprint density at radius 2 is 1.81 bits per heavy atom. The predicted molar refractivity (Wildman–Crippen MR) is 85.8 cm³/mol. The van der Waals surface area contributed by atoms with Crippen LogP contribution in [0.5, 0.6) is 0 Å². The minimum absolute atomic E-state index is 0.712. The van der Waals surface area contributed by atoms with E-state index in [1.807, 2.05) is 12.4 Å². The third-order valence-electron chi connectivity index (χ3n) is 3.77. The van der Waals surface area contributed by atoms with E-state index in [4.69, 9.17) is 0 Å². The zero-order valence-corrected chi connectivity index (χ0v) is 12.7. The van der Waals surface area contributed by atoms with Crippen LogP contribution in [0.15, 0.2) is 36.7 Å². The van der Waals surface area contributed by atoms with Crippen molar-refractivity contribution in [3.8, 4) is 0 Å². The zero-order valence-electron chi connectivity index (χ0n) is 12.7. The van der Waals surface area contributed by atoms with Crippen LogP contribution < -0.4 is 10.2 Å². The summed E-state index contributed by atoms with van der Waals surface area (Å²) in [6, 6.07) is 9.18. The Hall–Kier alpha value is -1.94. The average Bonchev–Trinajstić information content (AvgIpc) is 3.33. The summed E-state index contributed by atoms with van der Waals surface area (Å²) < 4.78 is 0. The van der Waals surface area contributed by atoms with E-state index in [9.17, 15) is 0 Å². The fourth-order valence-electron chi connectivity index (χ4n) is 2.29. The van der Waals surface area contributed by atoms with Gasteiger partial charge >= 0.3 is 0 Å². The fourth-order valence-corrected chi connectivity index (χ4v) is 2.29. The highest BCUT2D eigenvalue weighted by Crippen LogP contribution is 2.22. The predicted octanol–water partition coefficient (Wildman–Crippen LogP) is 3.20. The maximum absolute atomic E-state index is 4.52. The molecule has 4 heteroatoms. The lowest BCUT2D eigenvalue weighted by Crippen LogP contribution is -2.20. The van der Waals surface area contributed by atoms with Crippen molar-refractivity contribution in [1.82, 2.24) is 15.3 Å². The molecule has 1 aliphatic rings. The monoisotopic (exact) mass is 282 g/mol. The zero-order chi connectivity index (χ0) is 14.7. The van der Waals surface area contributed by atoms with Crippen LogP contribution in [0.25, 0.3) is 0 Å². The van der Waals surface area contributed by atoms with Gasteiger partial charge in [0.2, 0.25) is 5.95 Å². The van der Waals surface area contributed by atoms with Crippen molar-refractivity contribution in [1.29, 1.82) is 0 Å². The third-order valence-corrected chi connectivity index (χ3v) is 3.77. The molecule has 1 aromatic carbocycles. The van der Waals surface area contributed by atoms with E-state index in [-0.39, 0.29) is 0 Å². The number of anilines is 2. The Kier molecular flexibility index (Phi) is 4.15. The van der Waals surface area contributed by atoms with Gasteiger partial charge in [-0.3, -0.25) is 0 Å². The molecule has 110 valence electrons. The Balaban J connectivity index is 1.72. The highest BCUT2D eigenvalue weighted by molar-refractivity contribution is 5.57. The largest absolute Gasteiger partial charge is 0.311 e. The van der Waals surface area contributed by atoms with Gasteiger partial charge in [0.1, 0.15) is 0 Å². The molecular weight excluding hydrogens is 260 g/mol. The molecule has 1 saturated carbocycles. The van der Waals surface area contributed by atoms with Gasteiger partial charge < -0.3 is 10.2 Å². The lowest BCUT2D eigenvalue weighted by molar-refractivity contribution is 0.683. The van der Waals surface area contributed by atoms with Crippen LogP contribution in [0.3, 0.4) is 0 Å². The van der Waals surface area contributed by atoms with Crippen molar-refractivity contribution in [2.24, 2.45) is 0 Å². The van der Waals surface area contributed by atoms with Crippen molar-refractivity contribution in [2.75, 3.05) is 11.4 Å². The smallest absolute Gasteiger partial charge is 0.229 e. The normalized spacial score (nSPS) is 14.2. The summed E-state index contributed by atoms with van der Waals surface area (Å²) in [5.74, 6) is 0.761. The number of rotatable bonds is 6. The van der Waals surface area contributed by atoms with E-state index >= 15 is 0 Å². The molecule has 0 bridgehead atoms. The highest BCUT2D eigenvalue weighted by Gasteiger charge is 2.20. The van der Waals surface area contributed by atoms with Crippen LogP contribution >= 0.6 is 0 Å². The first-order valence-corrected chi connectivity index (χ1v) is 7.65. The second kappa shape index (κ2) is 6.22. The van der Waals surface area contributed by atoms with E-state index in [1.165, 1.54) is 18.4 Å². The number of hydrogen-bond acceptors (Lipinski definition) is 4. The Labute approximate surface area is 126 Å². The van der Waals surface area contributed by atoms with Crippen LogP contribution in [0.1, 0.15) is 30.9 Å². The molecule has 1 heterocycles. The van der Waals surface area contributed by atoms with Gasteiger partial charge in [0.15, 0.2) is 0 Å². The van der Waals surface area contributed by atoms with Gasteiger partial charge in [-0.05, 0) is 38.8 Å². The van der Waals surface area contributed by atoms with Gasteiger partial charge in [-0.1, -0.05) is 17.7 Å². The van der Waals surface area contributed by atoms with E-state index in [2.05, 4.69) is 58.3 Å². The average molecular weight is 282 g/mol. The van der Waals surface area contributed by atoms with Gasteiger partial charge in [-0.2, -0.15) is 0 Å². The number of benzene rings is 1. The highest BCUT2D eigenvalue weighted by atomic mass is 15.2. The number of nitrogens with zero attached hydrogens (tertiary/aromatic N) is 3. The molecule has 0 atom stereocenters. The molecule has 21 heavy (non-hydrogen) atoms. The van der Waals surface area contributed by atoms with E-state index in [0.29, 0.717) is 6.04 Å². The van der Waals surface area contributed by atoms with Crippen molar-refractivity contribution in [3.05, 3.63) is 47.8 Å².